The lowest BCUT2D eigenvalue weighted by molar-refractivity contribution is 0.344. The molecule has 1 aromatic heterocycles. The zero-order valence-electron chi connectivity index (χ0n) is 12.1. The third-order valence-corrected chi connectivity index (χ3v) is 7.98. The number of nitrogens with zero attached hydrogens (tertiary/aromatic N) is 2. The van der Waals surface area contributed by atoms with E-state index in [-0.39, 0.29) is 0 Å². The van der Waals surface area contributed by atoms with Crippen molar-refractivity contribution >= 4 is 28.9 Å². The van der Waals surface area contributed by atoms with Crippen LogP contribution in [0.1, 0.15) is 20.3 Å². The monoisotopic (exact) mass is 342 g/mol. The van der Waals surface area contributed by atoms with Crippen molar-refractivity contribution in [2.75, 3.05) is 12.4 Å². The Bertz CT molecular complexity index is 604. The molecule has 0 aliphatic rings. The van der Waals surface area contributed by atoms with Gasteiger partial charge in [-0.05, 0) is 37.3 Å². The smallest absolute Gasteiger partial charge is 0.297 e. The average Bonchev–Trinajstić information content (AvgIpc) is 2.94. The molecule has 114 valence electrons. The number of hydrogen-bond acceptors (Lipinski definition) is 5. The fourth-order valence-corrected chi connectivity index (χ4v) is 6.33. The summed E-state index contributed by atoms with van der Waals surface area (Å²) < 4.78 is 13.4. The van der Waals surface area contributed by atoms with Crippen molar-refractivity contribution < 1.29 is 9.05 Å². The maximum absolute atomic E-state index is 5.93. The lowest BCUT2D eigenvalue weighted by Gasteiger charge is -2.20. The molecule has 2 rings (SSSR count). The molecule has 4 nitrogen and oxygen atoms in total. The van der Waals surface area contributed by atoms with Crippen molar-refractivity contribution in [3.8, 4) is 11.4 Å². The Labute approximate surface area is 134 Å². The van der Waals surface area contributed by atoms with Crippen molar-refractivity contribution in [2.24, 2.45) is 0 Å². The maximum Gasteiger partial charge on any atom is 0.297 e. The Morgan fingerprint density at radius 1 is 1.29 bits per heavy atom. The molecule has 0 saturated heterocycles. The number of para-hydroxylation sites is 1. The third kappa shape index (κ3) is 4.85. The molecule has 1 unspecified atom stereocenters. The highest BCUT2D eigenvalue weighted by Crippen LogP contribution is 2.60. The second-order valence-corrected chi connectivity index (χ2v) is 10.6. The topological polar surface area (TPSA) is 36.3 Å². The summed E-state index contributed by atoms with van der Waals surface area (Å²) in [6.45, 7) is 4.61. The van der Waals surface area contributed by atoms with Gasteiger partial charge in [0.2, 0.25) is 0 Å². The fourth-order valence-electron chi connectivity index (χ4n) is 1.66. The van der Waals surface area contributed by atoms with Crippen molar-refractivity contribution in [2.45, 2.75) is 20.3 Å². The Balaban J connectivity index is 2.11. The van der Waals surface area contributed by atoms with E-state index in [4.69, 9.17) is 20.9 Å². The summed E-state index contributed by atoms with van der Waals surface area (Å²) in [5.74, 6) is 1.59. The minimum atomic E-state index is -2.34. The zero-order chi connectivity index (χ0) is 15.1. The second-order valence-electron chi connectivity index (χ2n) is 4.25. The van der Waals surface area contributed by atoms with E-state index >= 15 is 0 Å². The first kappa shape index (κ1) is 16.6. The highest BCUT2D eigenvalue weighted by molar-refractivity contribution is 8.68. The van der Waals surface area contributed by atoms with Crippen LogP contribution in [0.5, 0.6) is 5.75 Å². The summed E-state index contributed by atoms with van der Waals surface area (Å²) in [6.07, 6.45) is 4.56. The van der Waals surface area contributed by atoms with Gasteiger partial charge >= 0.3 is 0 Å². The van der Waals surface area contributed by atoms with Crippen molar-refractivity contribution in [1.82, 2.24) is 9.78 Å². The molecule has 0 aliphatic heterocycles. The van der Waals surface area contributed by atoms with Gasteiger partial charge in [0.1, 0.15) is 0 Å². The van der Waals surface area contributed by atoms with Crippen LogP contribution >= 0.6 is 17.1 Å². The Hall–Kier alpha value is -0.810. The average molecular weight is 342 g/mol. The van der Waals surface area contributed by atoms with Gasteiger partial charge in [0.05, 0.1) is 24.7 Å². The molecule has 1 heterocycles. The Kier molecular flexibility index (Phi) is 6.30. The van der Waals surface area contributed by atoms with Crippen LogP contribution in [-0.4, -0.2) is 22.1 Å². The van der Waals surface area contributed by atoms with Crippen LogP contribution in [0.25, 0.3) is 5.69 Å². The summed E-state index contributed by atoms with van der Waals surface area (Å²) in [5.41, 5.74) is -1.35. The first-order valence-corrected chi connectivity index (χ1v) is 11.1. The molecule has 0 N–H and O–H groups in total. The molecule has 0 saturated carbocycles. The lowest BCUT2D eigenvalue weighted by Crippen LogP contribution is -1.95. The lowest BCUT2D eigenvalue weighted by atomic mass is 10.3. The molecular weight excluding hydrogens is 323 g/mol. The summed E-state index contributed by atoms with van der Waals surface area (Å²) >= 11 is 7.16. The van der Waals surface area contributed by atoms with E-state index < -0.39 is 5.69 Å². The molecule has 0 amide bonds. The highest BCUT2D eigenvalue weighted by atomic mass is 32.9. The predicted octanol–water partition coefficient (Wildman–Crippen LogP) is 4.66. The van der Waals surface area contributed by atoms with Gasteiger partial charge in [-0.15, -0.1) is 0 Å². The maximum atomic E-state index is 5.93. The second kappa shape index (κ2) is 7.99. The van der Waals surface area contributed by atoms with Gasteiger partial charge in [0, 0.05) is 5.75 Å². The summed E-state index contributed by atoms with van der Waals surface area (Å²) in [6, 6.07) is 9.89. The minimum Gasteiger partial charge on any atom is -0.433 e. The standard InChI is InChI=1S/C14H19N2O2PS2/c1-3-10-21-19(20,17-4-2)18-14-11-15-16(12-14)13-8-6-5-7-9-13/h5-9,11-12H,3-4,10H2,1-2H3. The third-order valence-electron chi connectivity index (χ3n) is 2.54. The first-order valence-electron chi connectivity index (χ1n) is 6.85. The summed E-state index contributed by atoms with van der Waals surface area (Å²) in [5, 5.41) is 4.31. The summed E-state index contributed by atoms with van der Waals surface area (Å²) in [7, 11) is 0. The van der Waals surface area contributed by atoms with Gasteiger partial charge in [0.25, 0.3) is 5.69 Å². The van der Waals surface area contributed by atoms with Crippen LogP contribution in [-0.2, 0) is 16.3 Å². The summed E-state index contributed by atoms with van der Waals surface area (Å²) in [4.78, 5) is 0. The van der Waals surface area contributed by atoms with E-state index in [1.54, 1.807) is 22.3 Å². The number of hydrogen-bond donors (Lipinski definition) is 0. The van der Waals surface area contributed by atoms with Gasteiger partial charge in [-0.25, -0.2) is 4.68 Å². The number of aromatic nitrogens is 2. The van der Waals surface area contributed by atoms with Gasteiger partial charge < -0.3 is 9.05 Å². The Morgan fingerprint density at radius 2 is 2.05 bits per heavy atom. The molecule has 0 fully saturated rings. The van der Waals surface area contributed by atoms with Crippen LogP contribution in [0.2, 0.25) is 0 Å². The fraction of sp³-hybridized carbons (Fsp3) is 0.357. The zero-order valence-corrected chi connectivity index (χ0v) is 14.7. The van der Waals surface area contributed by atoms with Crippen molar-refractivity contribution in [3.63, 3.8) is 0 Å². The molecule has 7 heteroatoms. The van der Waals surface area contributed by atoms with Crippen LogP contribution in [0, 0.1) is 0 Å². The molecule has 0 radical (unpaired) electrons. The SMILES string of the molecule is CCCSP(=S)(OCC)Oc1cnn(-c2ccccc2)c1. The molecule has 2 aromatic rings. The van der Waals surface area contributed by atoms with Crippen LogP contribution in [0.3, 0.4) is 0 Å². The number of rotatable bonds is 8. The van der Waals surface area contributed by atoms with Crippen LogP contribution in [0.15, 0.2) is 42.7 Å². The van der Waals surface area contributed by atoms with Crippen LogP contribution < -0.4 is 4.52 Å². The highest BCUT2D eigenvalue weighted by Gasteiger charge is 2.21. The molecule has 0 bridgehead atoms. The van der Waals surface area contributed by atoms with E-state index in [1.807, 2.05) is 43.5 Å². The minimum absolute atomic E-state index is 0.556. The van der Waals surface area contributed by atoms with Crippen LogP contribution in [0.4, 0.5) is 0 Å². The quantitative estimate of drug-likeness (QED) is 0.652. The van der Waals surface area contributed by atoms with Gasteiger partial charge in [-0.3, -0.25) is 0 Å². The molecule has 21 heavy (non-hydrogen) atoms. The van der Waals surface area contributed by atoms with E-state index in [0.717, 1.165) is 17.9 Å². The molecule has 1 aromatic carbocycles. The number of benzene rings is 1. The van der Waals surface area contributed by atoms with Gasteiger partial charge in [-0.1, -0.05) is 36.5 Å². The van der Waals surface area contributed by atoms with E-state index in [2.05, 4.69) is 12.0 Å². The van der Waals surface area contributed by atoms with Crippen molar-refractivity contribution in [1.29, 1.82) is 0 Å². The molecular formula is C14H19N2O2PS2. The normalized spacial score (nSPS) is 13.8. The molecule has 0 aliphatic carbocycles. The van der Waals surface area contributed by atoms with Crippen molar-refractivity contribution in [3.05, 3.63) is 42.7 Å². The Morgan fingerprint density at radius 3 is 2.71 bits per heavy atom. The molecule has 1 atom stereocenters. The molecule has 0 spiro atoms. The largest absolute Gasteiger partial charge is 0.433 e. The first-order chi connectivity index (χ1) is 10.2. The van der Waals surface area contributed by atoms with E-state index in [1.165, 1.54) is 0 Å². The van der Waals surface area contributed by atoms with E-state index in [0.29, 0.717) is 12.4 Å². The van der Waals surface area contributed by atoms with E-state index in [9.17, 15) is 0 Å². The van der Waals surface area contributed by atoms with Gasteiger partial charge in [0.15, 0.2) is 5.75 Å². The predicted molar refractivity (Wildman–Crippen MR) is 92.9 cm³/mol. The van der Waals surface area contributed by atoms with Gasteiger partial charge in [-0.2, -0.15) is 5.10 Å².